The molecule has 0 atom stereocenters. The highest BCUT2D eigenvalue weighted by molar-refractivity contribution is 5.99. The Morgan fingerprint density at radius 2 is 2.06 bits per heavy atom. The average molecular weight is 237 g/mol. The number of carbonyl (C=O) groups is 1. The maximum absolute atomic E-state index is 13.5. The number of halogens is 1. The van der Waals surface area contributed by atoms with Crippen LogP contribution in [0.2, 0.25) is 0 Å². The minimum Gasteiger partial charge on any atom is -0.384 e. The van der Waals surface area contributed by atoms with Gasteiger partial charge in [-0.3, -0.25) is 4.79 Å². The fourth-order valence-corrected chi connectivity index (χ4v) is 1.80. The molecule has 0 unspecified atom stereocenters. The second-order valence-electron chi connectivity index (χ2n) is 4.21. The van der Waals surface area contributed by atoms with E-state index >= 15 is 0 Å². The first-order chi connectivity index (χ1) is 8.16. The molecule has 1 rings (SSSR count). The summed E-state index contributed by atoms with van der Waals surface area (Å²) in [4.78, 5) is 11.3. The standard InChI is InChI=1S/C14H20FNO/c1-3-4-5-6-10-16-13-9-7-8-12(15)14(13)11(2)17/h7-9,16H,3-6,10H2,1-2H3. The Kier molecular flexibility index (Phi) is 5.67. The summed E-state index contributed by atoms with van der Waals surface area (Å²) < 4.78 is 13.5. The van der Waals surface area contributed by atoms with Crippen LogP contribution in [-0.2, 0) is 0 Å². The Balaban J connectivity index is 2.58. The van der Waals surface area contributed by atoms with Gasteiger partial charge in [0.25, 0.3) is 0 Å². The Hall–Kier alpha value is -1.38. The lowest BCUT2D eigenvalue weighted by Crippen LogP contribution is -2.08. The van der Waals surface area contributed by atoms with Crippen LogP contribution in [-0.4, -0.2) is 12.3 Å². The third kappa shape index (κ3) is 4.17. The van der Waals surface area contributed by atoms with Crippen LogP contribution in [0.25, 0.3) is 0 Å². The van der Waals surface area contributed by atoms with Crippen molar-refractivity contribution in [2.45, 2.75) is 39.5 Å². The maximum atomic E-state index is 13.5. The van der Waals surface area contributed by atoms with Crippen molar-refractivity contribution in [3.63, 3.8) is 0 Å². The van der Waals surface area contributed by atoms with Crippen LogP contribution in [0.3, 0.4) is 0 Å². The molecule has 0 aliphatic carbocycles. The van der Waals surface area contributed by atoms with E-state index in [2.05, 4.69) is 12.2 Å². The van der Waals surface area contributed by atoms with E-state index in [-0.39, 0.29) is 11.3 Å². The Morgan fingerprint density at radius 3 is 2.71 bits per heavy atom. The third-order valence-electron chi connectivity index (χ3n) is 2.71. The number of hydrogen-bond donors (Lipinski definition) is 1. The number of rotatable bonds is 7. The summed E-state index contributed by atoms with van der Waals surface area (Å²) in [7, 11) is 0. The molecule has 0 fully saturated rings. The maximum Gasteiger partial charge on any atom is 0.164 e. The van der Waals surface area contributed by atoms with Crippen molar-refractivity contribution in [1.82, 2.24) is 0 Å². The van der Waals surface area contributed by atoms with E-state index in [0.29, 0.717) is 5.69 Å². The normalized spacial score (nSPS) is 10.3. The summed E-state index contributed by atoms with van der Waals surface area (Å²) in [5, 5.41) is 3.13. The van der Waals surface area contributed by atoms with Gasteiger partial charge in [-0.05, 0) is 25.5 Å². The molecule has 0 amide bonds. The first-order valence-corrected chi connectivity index (χ1v) is 6.20. The molecule has 0 spiro atoms. The van der Waals surface area contributed by atoms with Gasteiger partial charge in [-0.25, -0.2) is 4.39 Å². The molecule has 94 valence electrons. The quantitative estimate of drug-likeness (QED) is 0.573. The number of nitrogens with one attached hydrogen (secondary N) is 1. The lowest BCUT2D eigenvalue weighted by molar-refractivity contribution is 0.101. The second kappa shape index (κ2) is 7.05. The van der Waals surface area contributed by atoms with E-state index < -0.39 is 5.82 Å². The molecule has 17 heavy (non-hydrogen) atoms. The van der Waals surface area contributed by atoms with Crippen molar-refractivity contribution in [1.29, 1.82) is 0 Å². The van der Waals surface area contributed by atoms with Crippen molar-refractivity contribution < 1.29 is 9.18 Å². The SMILES string of the molecule is CCCCCCNc1cccc(F)c1C(C)=O. The highest BCUT2D eigenvalue weighted by Crippen LogP contribution is 2.19. The molecule has 0 saturated heterocycles. The lowest BCUT2D eigenvalue weighted by atomic mass is 10.1. The van der Waals surface area contributed by atoms with Crippen LogP contribution in [0, 0.1) is 5.82 Å². The van der Waals surface area contributed by atoms with Gasteiger partial charge in [0.05, 0.1) is 5.56 Å². The second-order valence-corrected chi connectivity index (χ2v) is 4.21. The Bertz CT molecular complexity index is 376. The molecule has 2 nitrogen and oxygen atoms in total. The zero-order valence-corrected chi connectivity index (χ0v) is 10.6. The average Bonchev–Trinajstić information content (AvgIpc) is 2.28. The number of unbranched alkanes of at least 4 members (excludes halogenated alkanes) is 3. The van der Waals surface area contributed by atoms with E-state index in [0.717, 1.165) is 19.4 Å². The van der Waals surface area contributed by atoms with Crippen LogP contribution in [0.4, 0.5) is 10.1 Å². The van der Waals surface area contributed by atoms with Crippen molar-refractivity contribution >= 4 is 11.5 Å². The van der Waals surface area contributed by atoms with Crippen molar-refractivity contribution in [2.24, 2.45) is 0 Å². The minimum absolute atomic E-state index is 0.169. The molecule has 3 heteroatoms. The van der Waals surface area contributed by atoms with Crippen LogP contribution in [0.1, 0.15) is 49.9 Å². The number of Topliss-reactive ketones (excluding diaryl/α,β-unsaturated/α-hetero) is 1. The van der Waals surface area contributed by atoms with Gasteiger partial charge in [0.1, 0.15) is 5.82 Å². The first-order valence-electron chi connectivity index (χ1n) is 6.20. The topological polar surface area (TPSA) is 29.1 Å². The number of carbonyl (C=O) groups excluding carboxylic acids is 1. The van der Waals surface area contributed by atoms with Crippen LogP contribution in [0.5, 0.6) is 0 Å². The van der Waals surface area contributed by atoms with Gasteiger partial charge >= 0.3 is 0 Å². The van der Waals surface area contributed by atoms with Gasteiger partial charge in [0, 0.05) is 12.2 Å². The molecule has 1 aromatic carbocycles. The molecular formula is C14H20FNO. The summed E-state index contributed by atoms with van der Waals surface area (Å²) >= 11 is 0. The lowest BCUT2D eigenvalue weighted by Gasteiger charge is -2.10. The summed E-state index contributed by atoms with van der Waals surface area (Å²) in [6, 6.07) is 4.69. The van der Waals surface area contributed by atoms with Crippen LogP contribution in [0.15, 0.2) is 18.2 Å². The predicted octanol–water partition coefficient (Wildman–Crippen LogP) is 4.02. The van der Waals surface area contributed by atoms with E-state index in [9.17, 15) is 9.18 Å². The molecule has 0 saturated carbocycles. The molecule has 0 aliphatic heterocycles. The van der Waals surface area contributed by atoms with E-state index in [1.54, 1.807) is 12.1 Å². The fraction of sp³-hybridized carbons (Fsp3) is 0.500. The molecule has 0 heterocycles. The van der Waals surface area contributed by atoms with E-state index in [4.69, 9.17) is 0 Å². The van der Waals surface area contributed by atoms with E-state index in [1.807, 2.05) is 0 Å². The molecule has 1 aromatic rings. The zero-order chi connectivity index (χ0) is 12.7. The van der Waals surface area contributed by atoms with E-state index in [1.165, 1.54) is 25.8 Å². The number of benzene rings is 1. The molecule has 0 aliphatic rings. The zero-order valence-electron chi connectivity index (χ0n) is 10.6. The number of ketones is 1. The third-order valence-corrected chi connectivity index (χ3v) is 2.71. The van der Waals surface area contributed by atoms with Crippen molar-refractivity contribution in [3.05, 3.63) is 29.6 Å². The summed E-state index contributed by atoms with van der Waals surface area (Å²) in [6.45, 7) is 4.33. The molecule has 0 radical (unpaired) electrons. The van der Waals surface area contributed by atoms with Crippen LogP contribution < -0.4 is 5.32 Å². The minimum atomic E-state index is -0.448. The van der Waals surface area contributed by atoms with Gasteiger partial charge in [-0.15, -0.1) is 0 Å². The number of hydrogen-bond acceptors (Lipinski definition) is 2. The highest BCUT2D eigenvalue weighted by Gasteiger charge is 2.11. The summed E-state index contributed by atoms with van der Waals surface area (Å²) in [6.07, 6.45) is 4.61. The van der Waals surface area contributed by atoms with Gasteiger partial charge in [-0.2, -0.15) is 0 Å². The molecule has 0 bridgehead atoms. The van der Waals surface area contributed by atoms with Gasteiger partial charge in [0.2, 0.25) is 0 Å². The van der Waals surface area contributed by atoms with Crippen molar-refractivity contribution in [3.8, 4) is 0 Å². The van der Waals surface area contributed by atoms with Gasteiger partial charge in [-0.1, -0.05) is 32.3 Å². The smallest absolute Gasteiger partial charge is 0.164 e. The number of anilines is 1. The highest BCUT2D eigenvalue weighted by atomic mass is 19.1. The fourth-order valence-electron chi connectivity index (χ4n) is 1.80. The predicted molar refractivity (Wildman–Crippen MR) is 69.0 cm³/mol. The van der Waals surface area contributed by atoms with Crippen LogP contribution >= 0.6 is 0 Å². The largest absolute Gasteiger partial charge is 0.384 e. The Labute approximate surface area is 102 Å². The van der Waals surface area contributed by atoms with Crippen molar-refractivity contribution in [2.75, 3.05) is 11.9 Å². The molecular weight excluding hydrogens is 217 g/mol. The summed E-state index contributed by atoms with van der Waals surface area (Å²) in [5.74, 6) is -0.685. The monoisotopic (exact) mass is 237 g/mol. The molecule has 1 N–H and O–H groups in total. The Morgan fingerprint density at radius 1 is 1.29 bits per heavy atom. The first kappa shape index (κ1) is 13.7. The van der Waals surface area contributed by atoms with Gasteiger partial charge in [0.15, 0.2) is 5.78 Å². The summed E-state index contributed by atoms with van der Waals surface area (Å²) in [5.41, 5.74) is 0.775. The van der Waals surface area contributed by atoms with Gasteiger partial charge < -0.3 is 5.32 Å². The molecule has 0 aromatic heterocycles.